The highest BCUT2D eigenvalue weighted by atomic mass is 16.5. The highest BCUT2D eigenvalue weighted by Crippen LogP contribution is 2.26. The molecule has 0 aliphatic carbocycles. The van der Waals surface area contributed by atoms with Crippen LogP contribution in [0.4, 0.5) is 5.82 Å². The molecule has 0 spiro atoms. The van der Waals surface area contributed by atoms with Gasteiger partial charge >= 0.3 is 0 Å². The van der Waals surface area contributed by atoms with Crippen molar-refractivity contribution >= 4 is 11.3 Å². The zero-order valence-electron chi connectivity index (χ0n) is 13.3. The highest BCUT2D eigenvalue weighted by molar-refractivity contribution is 5.68. The lowest BCUT2D eigenvalue weighted by atomic mass is 9.92. The van der Waals surface area contributed by atoms with Gasteiger partial charge in [0, 0.05) is 36.4 Å². The first-order valence-electron chi connectivity index (χ1n) is 7.64. The quantitative estimate of drug-likeness (QED) is 0.943. The van der Waals surface area contributed by atoms with E-state index in [1.54, 1.807) is 6.20 Å². The Morgan fingerprint density at radius 1 is 1.43 bits per heavy atom. The molecule has 5 heteroatoms. The van der Waals surface area contributed by atoms with Crippen LogP contribution >= 0.6 is 0 Å². The number of anilines is 1. The smallest absolute Gasteiger partial charge is 0.152 e. The maximum atomic E-state index is 5.47. The van der Waals surface area contributed by atoms with Crippen molar-refractivity contribution in [3.8, 4) is 0 Å². The van der Waals surface area contributed by atoms with Crippen LogP contribution in [0, 0.1) is 5.92 Å². The van der Waals surface area contributed by atoms with Crippen LogP contribution in [-0.2, 0) is 10.2 Å². The van der Waals surface area contributed by atoms with Crippen LogP contribution in [0.1, 0.15) is 39.8 Å². The van der Waals surface area contributed by atoms with Crippen molar-refractivity contribution in [1.29, 1.82) is 0 Å². The lowest BCUT2D eigenvalue weighted by molar-refractivity contribution is 0.183. The van der Waals surface area contributed by atoms with Gasteiger partial charge in [0.05, 0.1) is 12.3 Å². The van der Waals surface area contributed by atoms with E-state index in [4.69, 9.17) is 4.74 Å². The van der Waals surface area contributed by atoms with Crippen LogP contribution in [0.5, 0.6) is 0 Å². The van der Waals surface area contributed by atoms with Crippen LogP contribution in [0.25, 0.3) is 5.52 Å². The van der Waals surface area contributed by atoms with Gasteiger partial charge in [-0.2, -0.15) is 5.10 Å². The zero-order valence-corrected chi connectivity index (χ0v) is 13.3. The minimum Gasteiger partial charge on any atom is -0.381 e. The van der Waals surface area contributed by atoms with Gasteiger partial charge in [-0.3, -0.25) is 0 Å². The summed E-state index contributed by atoms with van der Waals surface area (Å²) in [6.45, 7) is 10.4. The minimum atomic E-state index is 0.0359. The predicted octanol–water partition coefficient (Wildman–Crippen LogP) is 2.86. The van der Waals surface area contributed by atoms with Crippen molar-refractivity contribution in [2.24, 2.45) is 5.92 Å². The number of hydrogen-bond acceptors (Lipinski definition) is 4. The Bertz CT molecular complexity index is 623. The van der Waals surface area contributed by atoms with E-state index in [0.29, 0.717) is 12.0 Å². The monoisotopic (exact) mass is 288 g/mol. The van der Waals surface area contributed by atoms with Gasteiger partial charge in [0.25, 0.3) is 0 Å². The van der Waals surface area contributed by atoms with Crippen LogP contribution in [-0.4, -0.2) is 33.9 Å². The summed E-state index contributed by atoms with van der Waals surface area (Å²) in [5.74, 6) is 1.46. The van der Waals surface area contributed by atoms with Crippen LogP contribution in [0.2, 0.25) is 0 Å². The lowest BCUT2D eigenvalue weighted by Crippen LogP contribution is -2.26. The van der Waals surface area contributed by atoms with Gasteiger partial charge in [-0.25, -0.2) is 9.50 Å². The van der Waals surface area contributed by atoms with Gasteiger partial charge in [0.1, 0.15) is 5.52 Å². The Kier molecular flexibility index (Phi) is 3.61. The summed E-state index contributed by atoms with van der Waals surface area (Å²) in [7, 11) is 0. The second-order valence-electron chi connectivity index (χ2n) is 6.94. The summed E-state index contributed by atoms with van der Waals surface area (Å²) in [5, 5.41) is 8.20. The first-order valence-corrected chi connectivity index (χ1v) is 7.64. The van der Waals surface area contributed by atoms with Crippen molar-refractivity contribution in [3.63, 3.8) is 0 Å². The lowest BCUT2D eigenvalue weighted by Gasteiger charge is -2.20. The second kappa shape index (κ2) is 5.30. The number of fused-ring (bicyclic) bond motifs is 1. The molecule has 1 saturated heterocycles. The van der Waals surface area contributed by atoms with E-state index in [0.717, 1.165) is 36.7 Å². The summed E-state index contributed by atoms with van der Waals surface area (Å²) in [4.78, 5) is 4.50. The maximum absolute atomic E-state index is 5.47. The molecule has 2 aromatic heterocycles. The fraction of sp³-hybridized carbons (Fsp3) is 0.625. The molecule has 0 aromatic carbocycles. The normalized spacial score (nSPS) is 20.9. The van der Waals surface area contributed by atoms with Crippen molar-refractivity contribution in [1.82, 2.24) is 14.6 Å². The fourth-order valence-electron chi connectivity index (χ4n) is 2.68. The number of nitrogens with one attached hydrogen (secondary N) is 1. The van der Waals surface area contributed by atoms with Crippen molar-refractivity contribution < 1.29 is 4.74 Å². The SMILES string of the molecule is CC(Nc1nccn2nc(C(C)(C)C)cc12)C1CCOC1. The molecule has 2 aromatic rings. The molecular formula is C16H24N4O. The maximum Gasteiger partial charge on any atom is 0.152 e. The first kappa shape index (κ1) is 14.3. The van der Waals surface area contributed by atoms with Crippen molar-refractivity contribution in [2.75, 3.05) is 18.5 Å². The Balaban J connectivity index is 1.89. The summed E-state index contributed by atoms with van der Waals surface area (Å²) >= 11 is 0. The third-order valence-electron chi connectivity index (χ3n) is 4.19. The number of hydrogen-bond donors (Lipinski definition) is 1. The standard InChI is InChI=1S/C16H24N4O/c1-11(12-5-8-21-10-12)18-15-13-9-14(16(2,3)4)19-20(13)7-6-17-15/h6-7,9,11-12H,5,8,10H2,1-4H3,(H,17,18). The third-order valence-corrected chi connectivity index (χ3v) is 4.19. The molecule has 0 radical (unpaired) electrons. The molecule has 0 bridgehead atoms. The molecule has 2 unspecified atom stereocenters. The first-order chi connectivity index (χ1) is 9.95. The number of ether oxygens (including phenoxy) is 1. The molecule has 3 rings (SSSR count). The number of nitrogens with zero attached hydrogens (tertiary/aromatic N) is 3. The molecule has 1 aliphatic rings. The molecule has 1 fully saturated rings. The number of rotatable bonds is 3. The van der Waals surface area contributed by atoms with E-state index in [9.17, 15) is 0 Å². The predicted molar refractivity (Wildman–Crippen MR) is 83.7 cm³/mol. The Labute approximate surface area is 125 Å². The average Bonchev–Trinajstić information content (AvgIpc) is 3.07. The fourth-order valence-corrected chi connectivity index (χ4v) is 2.68. The van der Waals surface area contributed by atoms with E-state index in [2.05, 4.69) is 49.2 Å². The van der Waals surface area contributed by atoms with Gasteiger partial charge in [0.2, 0.25) is 0 Å². The molecule has 3 heterocycles. The minimum absolute atomic E-state index is 0.0359. The number of aromatic nitrogens is 3. The zero-order chi connectivity index (χ0) is 15.0. The van der Waals surface area contributed by atoms with E-state index in [1.807, 2.05) is 10.7 Å². The summed E-state index contributed by atoms with van der Waals surface area (Å²) in [6.07, 6.45) is 4.82. The summed E-state index contributed by atoms with van der Waals surface area (Å²) < 4.78 is 7.38. The van der Waals surface area contributed by atoms with Gasteiger partial charge in [-0.15, -0.1) is 0 Å². The van der Waals surface area contributed by atoms with Crippen molar-refractivity contribution in [2.45, 2.75) is 45.6 Å². The van der Waals surface area contributed by atoms with E-state index < -0.39 is 0 Å². The van der Waals surface area contributed by atoms with Crippen molar-refractivity contribution in [3.05, 3.63) is 24.2 Å². The highest BCUT2D eigenvalue weighted by Gasteiger charge is 2.24. The molecule has 2 atom stereocenters. The van der Waals surface area contributed by atoms with Gasteiger partial charge in [-0.05, 0) is 19.4 Å². The summed E-state index contributed by atoms with van der Waals surface area (Å²) in [5.41, 5.74) is 2.15. The topological polar surface area (TPSA) is 51.5 Å². The summed E-state index contributed by atoms with van der Waals surface area (Å²) in [6, 6.07) is 2.48. The Morgan fingerprint density at radius 3 is 2.90 bits per heavy atom. The van der Waals surface area contributed by atoms with Crippen LogP contribution in [0.3, 0.4) is 0 Å². The van der Waals surface area contributed by atoms with E-state index in [1.165, 1.54) is 0 Å². The molecule has 5 nitrogen and oxygen atoms in total. The molecule has 114 valence electrons. The third kappa shape index (κ3) is 2.88. The molecular weight excluding hydrogens is 264 g/mol. The second-order valence-corrected chi connectivity index (χ2v) is 6.94. The molecule has 0 amide bonds. The molecule has 1 N–H and O–H groups in total. The van der Waals surface area contributed by atoms with E-state index >= 15 is 0 Å². The van der Waals surface area contributed by atoms with Crippen LogP contribution in [0.15, 0.2) is 18.5 Å². The molecule has 0 saturated carbocycles. The Morgan fingerprint density at radius 2 is 2.24 bits per heavy atom. The van der Waals surface area contributed by atoms with Gasteiger partial charge in [0.15, 0.2) is 5.82 Å². The van der Waals surface area contributed by atoms with E-state index in [-0.39, 0.29) is 5.41 Å². The van der Waals surface area contributed by atoms with Gasteiger partial charge < -0.3 is 10.1 Å². The molecule has 1 aliphatic heterocycles. The van der Waals surface area contributed by atoms with Gasteiger partial charge in [-0.1, -0.05) is 20.8 Å². The largest absolute Gasteiger partial charge is 0.381 e. The Hall–Kier alpha value is -1.62. The average molecular weight is 288 g/mol. The van der Waals surface area contributed by atoms with Crippen LogP contribution < -0.4 is 5.32 Å². The molecule has 21 heavy (non-hydrogen) atoms.